The van der Waals surface area contributed by atoms with Gasteiger partial charge in [-0.05, 0) is 0 Å². The van der Waals surface area contributed by atoms with E-state index in [0.717, 1.165) is 0 Å². The summed E-state index contributed by atoms with van der Waals surface area (Å²) in [7, 11) is 0. The predicted octanol–water partition coefficient (Wildman–Crippen LogP) is -0.856. The minimum Gasteiger partial charge on any atom is -0.316 e. The Balaban J connectivity index is 2.83. The molecule has 0 heterocycles. The average Bonchev–Trinajstić information content (AvgIpc) is 1.35. The zero-order valence-electron chi connectivity index (χ0n) is 2.92. The monoisotopic (exact) mass is 111 g/mol. The maximum Gasteiger partial charge on any atom is 0.169 e. The molecule has 0 saturated heterocycles. The molecule has 0 aromatic rings. The van der Waals surface area contributed by atoms with Crippen LogP contribution in [0.5, 0.6) is 0 Å². The van der Waals surface area contributed by atoms with Gasteiger partial charge in [0.1, 0.15) is 5.88 Å². The van der Waals surface area contributed by atoms with Crippen LogP contribution in [0.25, 0.3) is 0 Å². The van der Waals surface area contributed by atoms with Crippen molar-refractivity contribution in [3.63, 3.8) is 0 Å². The fraction of sp³-hybridized carbons (Fsp3) is 1.00. The summed E-state index contributed by atoms with van der Waals surface area (Å²) in [6.45, 7) is 0. The molecule has 0 aromatic heterocycles. The minimum absolute atomic E-state index is 0.292. The Kier molecular flexibility index (Phi) is 3.24. The molecule has 0 spiro atoms. The third-order valence-electron chi connectivity index (χ3n) is 0.188. The minimum atomic E-state index is -1.93. The molecule has 0 radical (unpaired) electrons. The van der Waals surface area contributed by atoms with E-state index in [0.29, 0.717) is 0 Å². The van der Waals surface area contributed by atoms with Gasteiger partial charge in [0.15, 0.2) is 11.1 Å². The highest BCUT2D eigenvalue weighted by Gasteiger charge is 1.83. The zero-order chi connectivity index (χ0) is 4.99. The second-order valence-corrected chi connectivity index (χ2v) is 1.56. The Labute approximate surface area is 37.4 Å². The summed E-state index contributed by atoms with van der Waals surface area (Å²) in [5.74, 6) is -0.292. The molecule has 0 saturated carbocycles. The van der Waals surface area contributed by atoms with Gasteiger partial charge in [-0.2, -0.15) is 5.48 Å². The van der Waals surface area contributed by atoms with Crippen LogP contribution >= 0.6 is 0 Å². The van der Waals surface area contributed by atoms with Crippen molar-refractivity contribution in [1.29, 1.82) is 0 Å². The molecule has 1 atom stereocenters. The Bertz CT molecular complexity index is 54.8. The van der Waals surface area contributed by atoms with Gasteiger partial charge in [0.25, 0.3) is 0 Å². The Morgan fingerprint density at radius 3 is 2.33 bits per heavy atom. The van der Waals surface area contributed by atoms with Crippen LogP contribution in [-0.2, 0) is 11.1 Å². The van der Waals surface area contributed by atoms with Crippen LogP contribution in [-0.4, -0.2) is 19.8 Å². The van der Waals surface area contributed by atoms with Gasteiger partial charge >= 0.3 is 0 Å². The van der Waals surface area contributed by atoms with Gasteiger partial charge in [-0.1, -0.05) is 0 Å². The first-order chi connectivity index (χ1) is 2.77. The summed E-state index contributed by atoms with van der Waals surface area (Å²) >= 11 is -1.93. The topological polar surface area (TPSA) is 69.6 Å². The third-order valence-corrected chi connectivity index (χ3v) is 0.564. The normalized spacial score (nSPS) is 14.3. The van der Waals surface area contributed by atoms with E-state index in [2.05, 4.69) is 0 Å². The number of rotatable bonds is 2. The van der Waals surface area contributed by atoms with Gasteiger partial charge in [-0.25, -0.2) is 4.21 Å². The van der Waals surface area contributed by atoms with Crippen LogP contribution in [0.15, 0.2) is 0 Å². The lowest BCUT2D eigenvalue weighted by Crippen LogP contribution is -2.12. The van der Waals surface area contributed by atoms with Crippen molar-refractivity contribution in [3.8, 4) is 0 Å². The van der Waals surface area contributed by atoms with Crippen molar-refractivity contribution in [1.82, 2.24) is 5.48 Å². The molecule has 3 N–H and O–H groups in total. The van der Waals surface area contributed by atoms with Crippen LogP contribution in [0.3, 0.4) is 0 Å². The maximum atomic E-state index is 9.49. The summed E-state index contributed by atoms with van der Waals surface area (Å²) in [5.41, 5.74) is 1.52. The number of nitrogens with one attached hydrogen (secondary N) is 1. The van der Waals surface area contributed by atoms with Crippen LogP contribution in [0.4, 0.5) is 0 Å². The summed E-state index contributed by atoms with van der Waals surface area (Å²) in [6.07, 6.45) is 0. The fourth-order valence-electron chi connectivity index (χ4n) is 0.0552. The Hall–Kier alpha value is 0.0300. The standard InChI is InChI=1S/CH5NO3S/c3-2-1-6(4)5/h2-3H,1H2,(H,4,5). The van der Waals surface area contributed by atoms with E-state index in [1.807, 2.05) is 0 Å². The zero-order valence-corrected chi connectivity index (χ0v) is 3.73. The highest BCUT2D eigenvalue weighted by Crippen LogP contribution is 1.60. The first kappa shape index (κ1) is 6.03. The Morgan fingerprint density at radius 2 is 2.33 bits per heavy atom. The lowest BCUT2D eigenvalue weighted by atomic mass is 11.5. The van der Waals surface area contributed by atoms with Gasteiger partial charge in [-0.15, -0.1) is 0 Å². The SMILES string of the molecule is O=S(O)CNO. The molecule has 0 aliphatic rings. The molecular weight excluding hydrogens is 106 g/mol. The molecule has 0 fully saturated rings. The first-order valence-electron chi connectivity index (χ1n) is 1.22. The lowest BCUT2D eigenvalue weighted by Gasteiger charge is -1.84. The van der Waals surface area contributed by atoms with E-state index >= 15 is 0 Å². The van der Waals surface area contributed by atoms with E-state index < -0.39 is 11.1 Å². The van der Waals surface area contributed by atoms with Gasteiger partial charge in [0.2, 0.25) is 0 Å². The van der Waals surface area contributed by atoms with Crippen LogP contribution in [0, 0.1) is 0 Å². The van der Waals surface area contributed by atoms with Gasteiger partial charge in [0.05, 0.1) is 0 Å². The second-order valence-electron chi connectivity index (χ2n) is 0.624. The number of hydroxylamine groups is 1. The van der Waals surface area contributed by atoms with Gasteiger partial charge < -0.3 is 9.76 Å². The molecular formula is CH5NO3S. The van der Waals surface area contributed by atoms with Crippen LogP contribution in [0.1, 0.15) is 0 Å². The Morgan fingerprint density at radius 1 is 1.83 bits per heavy atom. The van der Waals surface area contributed by atoms with E-state index in [1.54, 1.807) is 0 Å². The first-order valence-corrected chi connectivity index (χ1v) is 2.49. The van der Waals surface area contributed by atoms with E-state index in [4.69, 9.17) is 9.76 Å². The highest BCUT2D eigenvalue weighted by molar-refractivity contribution is 7.79. The molecule has 0 aliphatic heterocycles. The van der Waals surface area contributed by atoms with Gasteiger partial charge in [0, 0.05) is 0 Å². The largest absolute Gasteiger partial charge is 0.316 e. The quantitative estimate of drug-likeness (QED) is 0.320. The average molecular weight is 111 g/mol. The molecule has 38 valence electrons. The number of hydrogen-bond donors (Lipinski definition) is 3. The third kappa shape index (κ3) is 4.03. The van der Waals surface area contributed by atoms with E-state index in [1.165, 1.54) is 5.48 Å². The van der Waals surface area contributed by atoms with Crippen LogP contribution in [0.2, 0.25) is 0 Å². The van der Waals surface area contributed by atoms with Crippen LogP contribution < -0.4 is 5.48 Å². The molecule has 6 heavy (non-hydrogen) atoms. The summed E-state index contributed by atoms with van der Waals surface area (Å²) in [5, 5.41) is 7.63. The molecule has 5 heteroatoms. The fourth-order valence-corrected chi connectivity index (χ4v) is 0.166. The predicted molar refractivity (Wildman–Crippen MR) is 20.6 cm³/mol. The van der Waals surface area contributed by atoms with E-state index in [-0.39, 0.29) is 5.88 Å². The summed E-state index contributed by atoms with van der Waals surface area (Å²) in [4.78, 5) is 0. The molecule has 4 nitrogen and oxygen atoms in total. The van der Waals surface area contributed by atoms with Crippen molar-refractivity contribution in [2.75, 3.05) is 5.88 Å². The van der Waals surface area contributed by atoms with Crippen molar-refractivity contribution in [2.45, 2.75) is 0 Å². The molecule has 1 unspecified atom stereocenters. The van der Waals surface area contributed by atoms with Crippen molar-refractivity contribution in [2.24, 2.45) is 0 Å². The number of hydrogen-bond acceptors (Lipinski definition) is 3. The second kappa shape index (κ2) is 3.23. The van der Waals surface area contributed by atoms with Crippen molar-refractivity contribution >= 4 is 11.1 Å². The van der Waals surface area contributed by atoms with Crippen molar-refractivity contribution < 1.29 is 14.0 Å². The lowest BCUT2D eigenvalue weighted by molar-refractivity contribution is 0.185. The summed E-state index contributed by atoms with van der Waals surface area (Å²) in [6, 6.07) is 0. The highest BCUT2D eigenvalue weighted by atomic mass is 32.2. The molecule has 0 amide bonds. The van der Waals surface area contributed by atoms with Gasteiger partial charge in [-0.3, -0.25) is 0 Å². The molecule has 0 bridgehead atoms. The maximum absolute atomic E-state index is 9.49. The van der Waals surface area contributed by atoms with Crippen molar-refractivity contribution in [3.05, 3.63) is 0 Å². The molecule has 0 aliphatic carbocycles. The summed E-state index contributed by atoms with van der Waals surface area (Å²) < 4.78 is 17.3. The molecule has 0 rings (SSSR count). The van der Waals surface area contributed by atoms with E-state index in [9.17, 15) is 4.21 Å². The molecule has 0 aromatic carbocycles. The smallest absolute Gasteiger partial charge is 0.169 e.